The SMILES string of the molecule is CC(C)(C)C(=O)C(Br)CC1CCCCO1.CC(C)(C)C(=O)CCC1CCCCC1. The van der Waals surface area contributed by atoms with E-state index in [1.54, 1.807) is 0 Å². The highest BCUT2D eigenvalue weighted by atomic mass is 79.9. The largest absolute Gasteiger partial charge is 0.378 e. The summed E-state index contributed by atoms with van der Waals surface area (Å²) in [6.07, 6.45) is 13.4. The third-order valence-corrected chi connectivity index (χ3v) is 6.90. The number of carbonyl (C=O) groups excluding carboxylic acids is 2. The maximum atomic E-state index is 11.9. The molecule has 0 radical (unpaired) electrons. The summed E-state index contributed by atoms with van der Waals surface area (Å²) in [4.78, 5) is 23.6. The van der Waals surface area contributed by atoms with Crippen LogP contribution in [0.3, 0.4) is 0 Å². The molecule has 2 atom stereocenters. The number of rotatable bonds is 6. The molecule has 0 aromatic carbocycles. The number of halogens is 1. The van der Waals surface area contributed by atoms with Crippen LogP contribution in [0.2, 0.25) is 0 Å². The number of alkyl halides is 1. The van der Waals surface area contributed by atoms with E-state index in [1.165, 1.54) is 38.5 Å². The second-order valence-corrected chi connectivity index (χ2v) is 12.1. The third-order valence-electron chi connectivity index (χ3n) is 6.11. The van der Waals surface area contributed by atoms with Crippen molar-refractivity contribution in [2.45, 2.75) is 123 Å². The second-order valence-electron chi connectivity index (χ2n) is 11.0. The minimum absolute atomic E-state index is 0.0550. The van der Waals surface area contributed by atoms with E-state index >= 15 is 0 Å². The molecule has 0 aromatic rings. The zero-order chi connectivity index (χ0) is 22.1. The Morgan fingerprint density at radius 1 is 0.897 bits per heavy atom. The van der Waals surface area contributed by atoms with E-state index < -0.39 is 0 Å². The van der Waals surface area contributed by atoms with Crippen LogP contribution in [-0.2, 0) is 14.3 Å². The lowest BCUT2D eigenvalue weighted by molar-refractivity contribution is -0.127. The fourth-order valence-corrected chi connectivity index (χ4v) is 5.09. The molecular weight excluding hydrogens is 428 g/mol. The first-order valence-corrected chi connectivity index (χ1v) is 12.7. The Morgan fingerprint density at radius 3 is 1.97 bits per heavy atom. The van der Waals surface area contributed by atoms with Crippen LogP contribution in [0.25, 0.3) is 0 Å². The Balaban J connectivity index is 0.000000291. The topological polar surface area (TPSA) is 43.4 Å². The average Bonchev–Trinajstić information content (AvgIpc) is 2.66. The summed E-state index contributed by atoms with van der Waals surface area (Å²) in [7, 11) is 0. The number of ketones is 2. The van der Waals surface area contributed by atoms with Gasteiger partial charge in [-0.25, -0.2) is 0 Å². The van der Waals surface area contributed by atoms with E-state index in [0.717, 1.165) is 44.6 Å². The van der Waals surface area contributed by atoms with Gasteiger partial charge in [0.15, 0.2) is 5.78 Å². The van der Waals surface area contributed by atoms with Crippen molar-refractivity contribution in [3.8, 4) is 0 Å². The van der Waals surface area contributed by atoms with Crippen molar-refractivity contribution in [1.82, 2.24) is 0 Å². The molecule has 170 valence electrons. The molecule has 2 rings (SSSR count). The summed E-state index contributed by atoms with van der Waals surface area (Å²) in [5.74, 6) is 1.55. The molecule has 0 spiro atoms. The molecule has 0 aromatic heterocycles. The van der Waals surface area contributed by atoms with Crippen LogP contribution in [0, 0.1) is 16.7 Å². The van der Waals surface area contributed by atoms with Crippen molar-refractivity contribution in [2.24, 2.45) is 16.7 Å². The summed E-state index contributed by atoms with van der Waals surface area (Å²) >= 11 is 3.49. The van der Waals surface area contributed by atoms with Gasteiger partial charge in [-0.15, -0.1) is 0 Å². The van der Waals surface area contributed by atoms with Gasteiger partial charge < -0.3 is 4.74 Å². The van der Waals surface area contributed by atoms with Gasteiger partial charge in [0.1, 0.15) is 5.78 Å². The molecule has 1 aliphatic carbocycles. The lowest BCUT2D eigenvalue weighted by Crippen LogP contribution is -2.33. The number of Topliss-reactive ketones (excluding diaryl/α,β-unsaturated/α-hetero) is 2. The molecule has 1 aliphatic heterocycles. The standard InChI is InChI=1S/C13H24O.C12H21BrO2/c1-13(2,3)12(14)10-9-11-7-5-4-6-8-11;1-12(2,3)11(14)10(13)8-9-6-4-5-7-15-9/h11H,4-10H2,1-3H3;9-10H,4-8H2,1-3H3. The highest BCUT2D eigenvalue weighted by Crippen LogP contribution is 2.29. The van der Waals surface area contributed by atoms with Gasteiger partial charge in [0.25, 0.3) is 0 Å². The van der Waals surface area contributed by atoms with Crippen molar-refractivity contribution < 1.29 is 14.3 Å². The Labute approximate surface area is 188 Å². The molecule has 1 saturated heterocycles. The maximum Gasteiger partial charge on any atom is 0.151 e. The van der Waals surface area contributed by atoms with Crippen molar-refractivity contribution in [2.75, 3.05) is 6.61 Å². The highest BCUT2D eigenvalue weighted by Gasteiger charge is 2.30. The Morgan fingerprint density at radius 2 is 1.48 bits per heavy atom. The van der Waals surface area contributed by atoms with Crippen LogP contribution >= 0.6 is 15.9 Å². The first-order valence-electron chi connectivity index (χ1n) is 11.7. The molecule has 0 bridgehead atoms. The molecule has 2 fully saturated rings. The monoisotopic (exact) mass is 472 g/mol. The molecule has 0 amide bonds. The van der Waals surface area contributed by atoms with Gasteiger partial charge in [0.05, 0.1) is 10.9 Å². The van der Waals surface area contributed by atoms with Crippen LogP contribution in [-0.4, -0.2) is 29.1 Å². The quantitative estimate of drug-likeness (QED) is 0.381. The lowest BCUT2D eigenvalue weighted by atomic mass is 9.82. The van der Waals surface area contributed by atoms with Crippen molar-refractivity contribution >= 4 is 27.5 Å². The highest BCUT2D eigenvalue weighted by molar-refractivity contribution is 9.10. The van der Waals surface area contributed by atoms with Gasteiger partial charge in [-0.2, -0.15) is 0 Å². The molecule has 2 aliphatic rings. The van der Waals surface area contributed by atoms with Crippen LogP contribution in [0.15, 0.2) is 0 Å². The maximum absolute atomic E-state index is 11.9. The molecule has 0 N–H and O–H groups in total. The molecule has 3 nitrogen and oxygen atoms in total. The van der Waals surface area contributed by atoms with Gasteiger partial charge in [-0.3, -0.25) is 9.59 Å². The first kappa shape index (κ1) is 26.8. The van der Waals surface area contributed by atoms with Crippen LogP contribution in [0.5, 0.6) is 0 Å². The zero-order valence-corrected chi connectivity index (χ0v) is 21.4. The molecule has 1 saturated carbocycles. The lowest BCUT2D eigenvalue weighted by Gasteiger charge is -2.27. The van der Waals surface area contributed by atoms with Gasteiger partial charge in [-0.1, -0.05) is 89.6 Å². The van der Waals surface area contributed by atoms with E-state index in [2.05, 4.69) is 15.9 Å². The van der Waals surface area contributed by atoms with E-state index in [-0.39, 0.29) is 27.5 Å². The van der Waals surface area contributed by atoms with Crippen LogP contribution in [0.1, 0.15) is 112 Å². The second kappa shape index (κ2) is 12.6. The van der Waals surface area contributed by atoms with Crippen molar-refractivity contribution in [1.29, 1.82) is 0 Å². The molecule has 2 unspecified atom stereocenters. The summed E-state index contributed by atoms with van der Waals surface area (Å²) in [6, 6.07) is 0. The fraction of sp³-hybridized carbons (Fsp3) is 0.920. The van der Waals surface area contributed by atoms with Crippen molar-refractivity contribution in [3.05, 3.63) is 0 Å². The summed E-state index contributed by atoms with van der Waals surface area (Å²) < 4.78 is 5.63. The van der Waals surface area contributed by atoms with Gasteiger partial charge in [0.2, 0.25) is 0 Å². The Kier molecular flexibility index (Phi) is 11.6. The predicted octanol–water partition coefficient (Wildman–Crippen LogP) is 7.29. The van der Waals surface area contributed by atoms with Crippen LogP contribution < -0.4 is 0 Å². The Bertz CT molecular complexity index is 489. The smallest absolute Gasteiger partial charge is 0.151 e. The van der Waals surface area contributed by atoms with E-state index in [1.807, 2.05) is 41.5 Å². The summed E-state index contributed by atoms with van der Waals surface area (Å²) in [5, 5.41) is 0. The van der Waals surface area contributed by atoms with E-state index in [4.69, 9.17) is 4.74 Å². The summed E-state index contributed by atoms with van der Waals surface area (Å²) in [5.41, 5.74) is -0.391. The van der Waals surface area contributed by atoms with Gasteiger partial charge >= 0.3 is 0 Å². The van der Waals surface area contributed by atoms with Crippen molar-refractivity contribution in [3.63, 3.8) is 0 Å². The van der Waals surface area contributed by atoms with E-state index in [9.17, 15) is 9.59 Å². The normalized spacial score (nSPS) is 22.4. The molecular formula is C25H45BrO3. The number of hydrogen-bond acceptors (Lipinski definition) is 3. The number of ether oxygens (including phenoxy) is 1. The number of carbonyl (C=O) groups is 2. The number of hydrogen-bond donors (Lipinski definition) is 0. The first-order chi connectivity index (χ1) is 13.4. The molecule has 4 heteroatoms. The minimum atomic E-state index is -0.261. The molecule has 29 heavy (non-hydrogen) atoms. The average molecular weight is 474 g/mol. The predicted molar refractivity (Wildman–Crippen MR) is 126 cm³/mol. The fourth-order valence-electron chi connectivity index (χ4n) is 3.99. The van der Waals surface area contributed by atoms with E-state index in [0.29, 0.717) is 5.78 Å². The Hall–Kier alpha value is -0.220. The minimum Gasteiger partial charge on any atom is -0.378 e. The zero-order valence-electron chi connectivity index (χ0n) is 19.8. The van der Waals surface area contributed by atoms with Gasteiger partial charge in [0, 0.05) is 23.9 Å². The van der Waals surface area contributed by atoms with Gasteiger partial charge in [-0.05, 0) is 38.0 Å². The summed E-state index contributed by atoms with van der Waals surface area (Å²) in [6.45, 7) is 12.8. The van der Waals surface area contributed by atoms with Crippen LogP contribution in [0.4, 0.5) is 0 Å². The third kappa shape index (κ3) is 11.1. The molecule has 1 heterocycles.